The quantitative estimate of drug-likeness (QED) is 0.805. The molecule has 3 heteroatoms. The van der Waals surface area contributed by atoms with Crippen molar-refractivity contribution < 1.29 is 4.74 Å². The van der Waals surface area contributed by atoms with Crippen LogP contribution < -0.4 is 5.73 Å². The van der Waals surface area contributed by atoms with Gasteiger partial charge in [0.1, 0.15) is 0 Å². The highest BCUT2D eigenvalue weighted by Crippen LogP contribution is 2.42. The van der Waals surface area contributed by atoms with Crippen LogP contribution in [0.1, 0.15) is 65.2 Å². The molecule has 1 heterocycles. The van der Waals surface area contributed by atoms with Gasteiger partial charge in [0, 0.05) is 12.6 Å². The second kappa shape index (κ2) is 7.05. The fourth-order valence-corrected chi connectivity index (χ4v) is 3.70. The normalized spacial score (nSPS) is 26.7. The zero-order valence-corrected chi connectivity index (χ0v) is 12.9. The molecule has 1 saturated carbocycles. The summed E-state index contributed by atoms with van der Waals surface area (Å²) in [4.78, 5) is 2.54. The van der Waals surface area contributed by atoms with Crippen LogP contribution in [0.25, 0.3) is 0 Å². The molecule has 0 radical (unpaired) electrons. The molecule has 0 bridgehead atoms. The molecule has 2 rings (SSSR count). The van der Waals surface area contributed by atoms with Crippen LogP contribution in [0.5, 0.6) is 0 Å². The molecule has 1 atom stereocenters. The van der Waals surface area contributed by atoms with E-state index in [9.17, 15) is 0 Å². The maximum absolute atomic E-state index is 6.48. The minimum atomic E-state index is 0.263. The van der Waals surface area contributed by atoms with E-state index in [2.05, 4.69) is 18.7 Å². The molecule has 1 aliphatic carbocycles. The van der Waals surface area contributed by atoms with Crippen LogP contribution in [0, 0.1) is 0 Å². The predicted octanol–water partition coefficient (Wildman–Crippen LogP) is 2.93. The highest BCUT2D eigenvalue weighted by atomic mass is 16.5. The molecule has 19 heavy (non-hydrogen) atoms. The smallest absolute Gasteiger partial charge is 0.0710 e. The van der Waals surface area contributed by atoms with Gasteiger partial charge < -0.3 is 10.5 Å². The lowest BCUT2D eigenvalue weighted by molar-refractivity contribution is -0.0739. The minimum Gasteiger partial charge on any atom is -0.370 e. The summed E-state index contributed by atoms with van der Waals surface area (Å²) >= 11 is 0. The molecule has 0 aromatic carbocycles. The van der Waals surface area contributed by atoms with E-state index in [0.717, 1.165) is 26.1 Å². The van der Waals surface area contributed by atoms with Crippen molar-refractivity contribution in [3.05, 3.63) is 0 Å². The topological polar surface area (TPSA) is 38.5 Å². The van der Waals surface area contributed by atoms with E-state index >= 15 is 0 Å². The summed E-state index contributed by atoms with van der Waals surface area (Å²) in [6.45, 7) is 7.56. The second-order valence-corrected chi connectivity index (χ2v) is 6.75. The van der Waals surface area contributed by atoms with Gasteiger partial charge in [-0.25, -0.2) is 0 Å². The van der Waals surface area contributed by atoms with Gasteiger partial charge in [-0.15, -0.1) is 0 Å². The molecule has 2 N–H and O–H groups in total. The van der Waals surface area contributed by atoms with E-state index in [4.69, 9.17) is 10.5 Å². The first-order chi connectivity index (χ1) is 9.15. The number of nitrogens with zero attached hydrogens (tertiary/aromatic N) is 1. The van der Waals surface area contributed by atoms with Crippen molar-refractivity contribution in [2.45, 2.75) is 83.0 Å². The summed E-state index contributed by atoms with van der Waals surface area (Å²) in [5.74, 6) is 0. The largest absolute Gasteiger partial charge is 0.370 e. The first-order valence-electron chi connectivity index (χ1n) is 8.27. The zero-order chi connectivity index (χ0) is 13.7. The summed E-state index contributed by atoms with van der Waals surface area (Å²) in [7, 11) is 0. The van der Waals surface area contributed by atoms with E-state index in [1.807, 2.05) is 0 Å². The number of rotatable bonds is 6. The summed E-state index contributed by atoms with van der Waals surface area (Å²) in [5, 5.41) is 0. The van der Waals surface area contributed by atoms with E-state index in [1.54, 1.807) is 0 Å². The first-order valence-corrected chi connectivity index (χ1v) is 8.27. The third-order valence-corrected chi connectivity index (χ3v) is 4.92. The maximum atomic E-state index is 6.48. The van der Waals surface area contributed by atoms with Crippen LogP contribution >= 0.6 is 0 Å². The Morgan fingerprint density at radius 2 is 1.95 bits per heavy atom. The van der Waals surface area contributed by atoms with Crippen LogP contribution in [0.4, 0.5) is 0 Å². The Balaban J connectivity index is 1.82. The van der Waals surface area contributed by atoms with Crippen molar-refractivity contribution in [2.75, 3.05) is 19.6 Å². The number of hydrogen-bond acceptors (Lipinski definition) is 3. The van der Waals surface area contributed by atoms with Crippen molar-refractivity contribution >= 4 is 0 Å². The van der Waals surface area contributed by atoms with Crippen LogP contribution in [0.2, 0.25) is 0 Å². The summed E-state index contributed by atoms with van der Waals surface area (Å²) in [6, 6.07) is 0.595. The van der Waals surface area contributed by atoms with Crippen LogP contribution in [0.15, 0.2) is 0 Å². The second-order valence-electron chi connectivity index (χ2n) is 6.75. The summed E-state index contributed by atoms with van der Waals surface area (Å²) in [6.07, 6.45) is 10.8. The standard InChI is InChI=1S/C16H32N2O/c1-14(2)18(12-6-11-17)13-15-7-10-16(19-15)8-4-3-5-9-16/h14-15H,3-13,17H2,1-2H3. The molecule has 1 saturated heterocycles. The molecule has 1 spiro atoms. The average Bonchev–Trinajstić information content (AvgIpc) is 2.78. The van der Waals surface area contributed by atoms with Crippen molar-refractivity contribution in [2.24, 2.45) is 5.73 Å². The van der Waals surface area contributed by atoms with Gasteiger partial charge in [0.15, 0.2) is 0 Å². The van der Waals surface area contributed by atoms with Gasteiger partial charge in [-0.3, -0.25) is 4.90 Å². The third kappa shape index (κ3) is 4.17. The van der Waals surface area contributed by atoms with Gasteiger partial charge in [-0.05, 0) is 59.0 Å². The van der Waals surface area contributed by atoms with Crippen molar-refractivity contribution in [3.63, 3.8) is 0 Å². The highest BCUT2D eigenvalue weighted by Gasteiger charge is 2.41. The van der Waals surface area contributed by atoms with Crippen LogP contribution in [0.3, 0.4) is 0 Å². The number of ether oxygens (including phenoxy) is 1. The summed E-state index contributed by atoms with van der Waals surface area (Å²) in [5.41, 5.74) is 5.90. The van der Waals surface area contributed by atoms with Gasteiger partial charge in [-0.2, -0.15) is 0 Å². The Labute approximate surface area is 118 Å². The van der Waals surface area contributed by atoms with E-state index in [-0.39, 0.29) is 5.60 Å². The third-order valence-electron chi connectivity index (χ3n) is 4.92. The van der Waals surface area contributed by atoms with Crippen molar-refractivity contribution in [3.8, 4) is 0 Å². The molecule has 2 fully saturated rings. The Bertz CT molecular complexity index is 261. The van der Waals surface area contributed by atoms with Crippen molar-refractivity contribution in [1.29, 1.82) is 0 Å². The van der Waals surface area contributed by atoms with Gasteiger partial charge >= 0.3 is 0 Å². The molecule has 3 nitrogen and oxygen atoms in total. The SMILES string of the molecule is CC(C)N(CCCN)CC1CCC2(CCCCC2)O1. The van der Waals surface area contributed by atoms with Crippen molar-refractivity contribution in [1.82, 2.24) is 4.90 Å². The van der Waals surface area contributed by atoms with E-state index in [0.29, 0.717) is 12.1 Å². The highest BCUT2D eigenvalue weighted by molar-refractivity contribution is 4.92. The van der Waals surface area contributed by atoms with Gasteiger partial charge in [0.25, 0.3) is 0 Å². The zero-order valence-electron chi connectivity index (χ0n) is 12.9. The molecule has 1 aliphatic heterocycles. The fraction of sp³-hybridized carbons (Fsp3) is 1.00. The Morgan fingerprint density at radius 3 is 2.58 bits per heavy atom. The van der Waals surface area contributed by atoms with E-state index < -0.39 is 0 Å². The van der Waals surface area contributed by atoms with E-state index in [1.165, 1.54) is 44.9 Å². The lowest BCUT2D eigenvalue weighted by Crippen LogP contribution is -2.40. The fourth-order valence-electron chi connectivity index (χ4n) is 3.70. The molecular formula is C16H32N2O. The van der Waals surface area contributed by atoms with Gasteiger partial charge in [-0.1, -0.05) is 19.3 Å². The molecule has 0 aromatic heterocycles. The predicted molar refractivity (Wildman–Crippen MR) is 80.3 cm³/mol. The molecule has 0 amide bonds. The first kappa shape index (κ1) is 15.3. The summed E-state index contributed by atoms with van der Waals surface area (Å²) < 4.78 is 6.48. The minimum absolute atomic E-state index is 0.263. The monoisotopic (exact) mass is 268 g/mol. The maximum Gasteiger partial charge on any atom is 0.0710 e. The van der Waals surface area contributed by atoms with Gasteiger partial charge in [0.05, 0.1) is 11.7 Å². The molecular weight excluding hydrogens is 236 g/mol. The Hall–Kier alpha value is -0.120. The molecule has 112 valence electrons. The molecule has 0 aromatic rings. The number of nitrogens with two attached hydrogens (primary N) is 1. The number of hydrogen-bond donors (Lipinski definition) is 1. The molecule has 1 unspecified atom stereocenters. The lowest BCUT2D eigenvalue weighted by atomic mass is 9.83. The average molecular weight is 268 g/mol. The lowest BCUT2D eigenvalue weighted by Gasteiger charge is -2.35. The van der Waals surface area contributed by atoms with Crippen LogP contribution in [-0.4, -0.2) is 42.3 Å². The van der Waals surface area contributed by atoms with Crippen LogP contribution in [-0.2, 0) is 4.74 Å². The van der Waals surface area contributed by atoms with Gasteiger partial charge in [0.2, 0.25) is 0 Å². The molecule has 2 aliphatic rings. The Kier molecular flexibility index (Phi) is 5.67. The Morgan fingerprint density at radius 1 is 1.21 bits per heavy atom.